The lowest BCUT2D eigenvalue weighted by atomic mass is 10.1. The van der Waals surface area contributed by atoms with E-state index in [1.54, 1.807) is 18.1 Å². The van der Waals surface area contributed by atoms with Crippen LogP contribution in [0.2, 0.25) is 5.02 Å². The van der Waals surface area contributed by atoms with Gasteiger partial charge in [0.25, 0.3) is 0 Å². The van der Waals surface area contributed by atoms with E-state index in [2.05, 4.69) is 65.3 Å². The van der Waals surface area contributed by atoms with Crippen LogP contribution in [0.1, 0.15) is 31.0 Å². The summed E-state index contributed by atoms with van der Waals surface area (Å²) in [6, 6.07) is 18.3. The van der Waals surface area contributed by atoms with E-state index in [0.717, 1.165) is 37.4 Å². The molecule has 4 rings (SSSR count). The Bertz CT molecular complexity index is 1180. The molecule has 0 aliphatic rings. The Balaban J connectivity index is 1.71. The van der Waals surface area contributed by atoms with Gasteiger partial charge in [0.05, 0.1) is 11.1 Å². The summed E-state index contributed by atoms with van der Waals surface area (Å²) in [6.07, 6.45) is 1.56. The summed E-state index contributed by atoms with van der Waals surface area (Å²) in [5.74, 6) is 1.10. The number of anilines is 2. The van der Waals surface area contributed by atoms with Crippen molar-refractivity contribution in [3.63, 3.8) is 0 Å². The van der Waals surface area contributed by atoms with Crippen molar-refractivity contribution >= 4 is 45.9 Å². The number of fused-ring (bicyclic) bond motifs is 1. The first-order valence-electron chi connectivity index (χ1n) is 9.42. The quantitative estimate of drug-likeness (QED) is 0.376. The number of halogens is 1. The predicted molar refractivity (Wildman–Crippen MR) is 121 cm³/mol. The van der Waals surface area contributed by atoms with Crippen LogP contribution in [0, 0.1) is 6.92 Å². The highest BCUT2D eigenvalue weighted by molar-refractivity contribution is 7.99. The van der Waals surface area contributed by atoms with Gasteiger partial charge in [-0.3, -0.25) is 0 Å². The monoisotopic (exact) mass is 420 g/mol. The van der Waals surface area contributed by atoms with Gasteiger partial charge >= 0.3 is 0 Å². The molecular formula is C23H21ClN4S. The van der Waals surface area contributed by atoms with Gasteiger partial charge in [0.1, 0.15) is 12.1 Å². The Morgan fingerprint density at radius 2 is 1.86 bits per heavy atom. The number of rotatable bonds is 5. The van der Waals surface area contributed by atoms with Gasteiger partial charge in [-0.05, 0) is 60.9 Å². The molecule has 2 aromatic carbocycles. The molecule has 0 aliphatic carbocycles. The molecular weight excluding hydrogens is 400 g/mol. The highest BCUT2D eigenvalue weighted by Crippen LogP contribution is 2.37. The molecule has 0 atom stereocenters. The van der Waals surface area contributed by atoms with Gasteiger partial charge in [0.2, 0.25) is 0 Å². The molecule has 146 valence electrons. The fraction of sp³-hybridized carbons (Fsp3) is 0.174. The molecule has 0 bridgehead atoms. The minimum Gasteiger partial charge on any atom is -0.339 e. The van der Waals surface area contributed by atoms with Crippen LogP contribution in [0.15, 0.2) is 70.7 Å². The predicted octanol–water partition coefficient (Wildman–Crippen LogP) is 7.00. The average molecular weight is 421 g/mol. The van der Waals surface area contributed by atoms with Crippen molar-refractivity contribution in [2.24, 2.45) is 0 Å². The van der Waals surface area contributed by atoms with Crippen LogP contribution < -0.4 is 5.32 Å². The first-order chi connectivity index (χ1) is 14.0. The summed E-state index contributed by atoms with van der Waals surface area (Å²) in [6.45, 7) is 6.33. The third-order valence-electron chi connectivity index (χ3n) is 4.52. The van der Waals surface area contributed by atoms with Crippen LogP contribution in [0.4, 0.5) is 11.5 Å². The zero-order chi connectivity index (χ0) is 20.4. The Morgan fingerprint density at radius 1 is 1.00 bits per heavy atom. The molecule has 2 heterocycles. The molecule has 0 saturated carbocycles. The second kappa shape index (κ2) is 8.39. The fourth-order valence-electron chi connectivity index (χ4n) is 2.99. The number of hydrogen-bond donors (Lipinski definition) is 1. The standard InChI is InChI=1S/C23H21ClN4S/c1-14(2)19-9-8-18-22(27-19)25-13-26-23(18)28-20-11-15(3)7-10-21(20)29-17-6-4-5-16(24)12-17/h4-14H,1-3H3,(H,25,26,27,28). The molecule has 29 heavy (non-hydrogen) atoms. The summed E-state index contributed by atoms with van der Waals surface area (Å²) in [5.41, 5.74) is 3.88. The normalized spacial score (nSPS) is 11.2. The first kappa shape index (κ1) is 19.7. The van der Waals surface area contributed by atoms with E-state index in [0.29, 0.717) is 11.6 Å². The highest BCUT2D eigenvalue weighted by atomic mass is 35.5. The summed E-state index contributed by atoms with van der Waals surface area (Å²) in [7, 11) is 0. The van der Waals surface area contributed by atoms with Crippen molar-refractivity contribution in [1.29, 1.82) is 0 Å². The number of pyridine rings is 1. The van der Waals surface area contributed by atoms with Gasteiger partial charge in [-0.1, -0.05) is 49.3 Å². The molecule has 4 nitrogen and oxygen atoms in total. The van der Waals surface area contributed by atoms with Crippen molar-refractivity contribution < 1.29 is 0 Å². The van der Waals surface area contributed by atoms with Crippen molar-refractivity contribution in [2.75, 3.05) is 5.32 Å². The van der Waals surface area contributed by atoms with Gasteiger partial charge in [-0.25, -0.2) is 15.0 Å². The number of aryl methyl sites for hydroxylation is 1. The van der Waals surface area contributed by atoms with Gasteiger partial charge < -0.3 is 5.32 Å². The van der Waals surface area contributed by atoms with E-state index in [9.17, 15) is 0 Å². The molecule has 0 amide bonds. The molecule has 0 radical (unpaired) electrons. The van der Waals surface area contributed by atoms with Crippen LogP contribution in [0.5, 0.6) is 0 Å². The lowest BCUT2D eigenvalue weighted by Gasteiger charge is -2.14. The Labute approximate surface area is 179 Å². The van der Waals surface area contributed by atoms with E-state index in [4.69, 9.17) is 11.6 Å². The Morgan fingerprint density at radius 3 is 2.66 bits per heavy atom. The SMILES string of the molecule is Cc1ccc(Sc2cccc(Cl)c2)c(Nc2ncnc3nc(C(C)C)ccc23)c1. The van der Waals surface area contributed by atoms with Crippen molar-refractivity contribution in [3.05, 3.63) is 77.2 Å². The maximum atomic E-state index is 6.15. The van der Waals surface area contributed by atoms with Crippen molar-refractivity contribution in [1.82, 2.24) is 15.0 Å². The number of aromatic nitrogens is 3. The summed E-state index contributed by atoms with van der Waals surface area (Å²) >= 11 is 7.82. The maximum absolute atomic E-state index is 6.15. The van der Waals surface area contributed by atoms with Crippen LogP contribution in [-0.2, 0) is 0 Å². The maximum Gasteiger partial charge on any atom is 0.164 e. The number of hydrogen-bond acceptors (Lipinski definition) is 5. The van der Waals surface area contributed by atoms with Gasteiger partial charge in [-0.2, -0.15) is 0 Å². The minimum atomic E-state index is 0.350. The number of nitrogens with zero attached hydrogens (tertiary/aromatic N) is 3. The molecule has 1 N–H and O–H groups in total. The van der Waals surface area contributed by atoms with E-state index >= 15 is 0 Å². The highest BCUT2D eigenvalue weighted by Gasteiger charge is 2.11. The van der Waals surface area contributed by atoms with E-state index in [1.165, 1.54) is 5.56 Å². The van der Waals surface area contributed by atoms with Gasteiger partial charge in [-0.15, -0.1) is 0 Å². The van der Waals surface area contributed by atoms with Gasteiger partial charge in [0, 0.05) is 20.5 Å². The molecule has 0 saturated heterocycles. The average Bonchev–Trinajstić information content (AvgIpc) is 2.70. The fourth-order valence-corrected chi connectivity index (χ4v) is 4.19. The Hall–Kier alpha value is -2.63. The third kappa shape index (κ3) is 4.52. The lowest BCUT2D eigenvalue weighted by Crippen LogP contribution is -2.00. The van der Waals surface area contributed by atoms with Gasteiger partial charge in [0.15, 0.2) is 5.65 Å². The van der Waals surface area contributed by atoms with Crippen molar-refractivity contribution in [2.45, 2.75) is 36.5 Å². The largest absolute Gasteiger partial charge is 0.339 e. The molecule has 0 aliphatic heterocycles. The third-order valence-corrected chi connectivity index (χ3v) is 5.82. The molecule has 0 unspecified atom stereocenters. The molecule has 0 fully saturated rings. The summed E-state index contributed by atoms with van der Waals surface area (Å²) < 4.78 is 0. The van der Waals surface area contributed by atoms with Crippen molar-refractivity contribution in [3.8, 4) is 0 Å². The zero-order valence-corrected chi connectivity index (χ0v) is 18.1. The first-order valence-corrected chi connectivity index (χ1v) is 10.6. The van der Waals surface area contributed by atoms with E-state index < -0.39 is 0 Å². The van der Waals surface area contributed by atoms with Crippen LogP contribution in [0.25, 0.3) is 11.0 Å². The van der Waals surface area contributed by atoms with E-state index in [1.807, 2.05) is 30.3 Å². The number of benzene rings is 2. The molecule has 6 heteroatoms. The minimum absolute atomic E-state index is 0.350. The smallest absolute Gasteiger partial charge is 0.164 e. The zero-order valence-electron chi connectivity index (χ0n) is 16.5. The summed E-state index contributed by atoms with van der Waals surface area (Å²) in [5, 5.41) is 5.12. The second-order valence-corrected chi connectivity index (χ2v) is 8.72. The van der Waals surface area contributed by atoms with Crippen LogP contribution in [-0.4, -0.2) is 15.0 Å². The second-order valence-electron chi connectivity index (χ2n) is 7.17. The topological polar surface area (TPSA) is 50.7 Å². The molecule has 4 aromatic rings. The lowest BCUT2D eigenvalue weighted by molar-refractivity contribution is 0.827. The Kier molecular flexibility index (Phi) is 5.69. The number of nitrogens with one attached hydrogen (secondary N) is 1. The molecule has 0 spiro atoms. The molecule has 2 aromatic heterocycles. The van der Waals surface area contributed by atoms with E-state index in [-0.39, 0.29) is 0 Å². The summed E-state index contributed by atoms with van der Waals surface area (Å²) in [4.78, 5) is 15.7. The van der Waals surface area contributed by atoms with Crippen LogP contribution >= 0.6 is 23.4 Å². The van der Waals surface area contributed by atoms with Crippen LogP contribution in [0.3, 0.4) is 0 Å².